The fourth-order valence-corrected chi connectivity index (χ4v) is 3.22. The zero-order chi connectivity index (χ0) is 14.2. The van der Waals surface area contributed by atoms with Crippen molar-refractivity contribution in [2.24, 2.45) is 0 Å². The smallest absolute Gasteiger partial charge is 0.254 e. The van der Waals surface area contributed by atoms with Crippen LogP contribution in [0.2, 0.25) is 0 Å². The van der Waals surface area contributed by atoms with E-state index >= 15 is 0 Å². The van der Waals surface area contributed by atoms with Crippen LogP contribution >= 0.6 is 11.3 Å². The molecule has 4 rings (SSSR count). The average Bonchev–Trinajstić information content (AvgIpc) is 3.02. The molecule has 1 fully saturated rings. The molecule has 0 unspecified atom stereocenters. The Morgan fingerprint density at radius 1 is 1.24 bits per heavy atom. The number of rotatable bonds is 4. The Kier molecular flexibility index (Phi) is 3.07. The lowest BCUT2D eigenvalue weighted by atomic mass is 10.1. The molecule has 1 aromatic heterocycles. The standard InChI is InChI=1S/C16H15NO3S/c18-16(11-3-6-14-15(8-11)20-10-19-14)17(12-4-5-12)9-13-2-1-7-21-13/h1-3,6-8,12H,4-5,9-10H2. The SMILES string of the molecule is O=C(c1ccc2c(c1)OCO2)N(Cc1cccs1)C1CC1. The topological polar surface area (TPSA) is 38.8 Å². The van der Waals surface area contributed by atoms with E-state index < -0.39 is 0 Å². The number of amides is 1. The van der Waals surface area contributed by atoms with Crippen LogP contribution in [0.15, 0.2) is 35.7 Å². The van der Waals surface area contributed by atoms with Crippen LogP contribution in [0.25, 0.3) is 0 Å². The summed E-state index contributed by atoms with van der Waals surface area (Å²) < 4.78 is 10.7. The van der Waals surface area contributed by atoms with Crippen molar-refractivity contribution in [1.82, 2.24) is 4.90 Å². The van der Waals surface area contributed by atoms with Crippen molar-refractivity contribution in [3.63, 3.8) is 0 Å². The summed E-state index contributed by atoms with van der Waals surface area (Å²) in [5, 5.41) is 2.05. The second-order valence-electron chi connectivity index (χ2n) is 5.31. The second kappa shape index (κ2) is 5.07. The molecule has 0 atom stereocenters. The maximum absolute atomic E-state index is 12.8. The van der Waals surface area contributed by atoms with Crippen LogP contribution in [0.1, 0.15) is 28.1 Å². The maximum Gasteiger partial charge on any atom is 0.254 e. The lowest BCUT2D eigenvalue weighted by Crippen LogP contribution is -2.32. The van der Waals surface area contributed by atoms with Crippen LogP contribution in [0.3, 0.4) is 0 Å². The van der Waals surface area contributed by atoms with E-state index in [1.165, 1.54) is 4.88 Å². The largest absolute Gasteiger partial charge is 0.454 e. The quantitative estimate of drug-likeness (QED) is 0.870. The summed E-state index contributed by atoms with van der Waals surface area (Å²) in [6, 6.07) is 9.90. The highest BCUT2D eigenvalue weighted by atomic mass is 32.1. The molecule has 1 saturated carbocycles. The Morgan fingerprint density at radius 2 is 2.10 bits per heavy atom. The van der Waals surface area contributed by atoms with E-state index in [1.807, 2.05) is 28.5 Å². The first-order valence-electron chi connectivity index (χ1n) is 7.04. The van der Waals surface area contributed by atoms with Gasteiger partial charge in [0.25, 0.3) is 5.91 Å². The number of fused-ring (bicyclic) bond motifs is 1. The highest BCUT2D eigenvalue weighted by Crippen LogP contribution is 2.35. The van der Waals surface area contributed by atoms with Gasteiger partial charge in [0.15, 0.2) is 11.5 Å². The summed E-state index contributed by atoms with van der Waals surface area (Å²) in [6.07, 6.45) is 2.20. The van der Waals surface area contributed by atoms with Gasteiger partial charge in [0.1, 0.15) is 0 Å². The van der Waals surface area contributed by atoms with Gasteiger partial charge in [0.2, 0.25) is 6.79 Å². The number of carbonyl (C=O) groups excluding carboxylic acids is 1. The van der Waals surface area contributed by atoms with Crippen molar-refractivity contribution < 1.29 is 14.3 Å². The van der Waals surface area contributed by atoms with Gasteiger partial charge in [-0.25, -0.2) is 0 Å². The minimum absolute atomic E-state index is 0.0733. The summed E-state index contributed by atoms with van der Waals surface area (Å²) in [7, 11) is 0. The first kappa shape index (κ1) is 12.7. The van der Waals surface area contributed by atoms with E-state index in [1.54, 1.807) is 17.4 Å². The third kappa shape index (κ3) is 2.49. The summed E-state index contributed by atoms with van der Waals surface area (Å²) in [6.45, 7) is 0.921. The third-order valence-corrected chi connectivity index (χ3v) is 4.64. The number of hydrogen-bond donors (Lipinski definition) is 0. The number of nitrogens with zero attached hydrogens (tertiary/aromatic N) is 1. The molecule has 2 aromatic rings. The molecule has 0 radical (unpaired) electrons. The number of hydrogen-bond acceptors (Lipinski definition) is 4. The summed E-state index contributed by atoms with van der Waals surface area (Å²) in [5.41, 5.74) is 0.669. The van der Waals surface area contributed by atoms with Gasteiger partial charge in [-0.1, -0.05) is 6.07 Å². The lowest BCUT2D eigenvalue weighted by molar-refractivity contribution is 0.0731. The van der Waals surface area contributed by atoms with E-state index in [-0.39, 0.29) is 12.7 Å². The number of benzene rings is 1. The Hall–Kier alpha value is -2.01. The molecule has 0 N–H and O–H groups in total. The van der Waals surface area contributed by atoms with Gasteiger partial charge in [-0.05, 0) is 42.5 Å². The number of ether oxygens (including phenoxy) is 2. The minimum atomic E-state index is 0.0733. The molecule has 21 heavy (non-hydrogen) atoms. The van der Waals surface area contributed by atoms with E-state index in [0.717, 1.165) is 12.8 Å². The van der Waals surface area contributed by atoms with Crippen LogP contribution in [0.4, 0.5) is 0 Å². The van der Waals surface area contributed by atoms with Crippen LogP contribution in [-0.2, 0) is 6.54 Å². The summed E-state index contributed by atoms with van der Waals surface area (Å²) in [5.74, 6) is 1.44. The van der Waals surface area contributed by atoms with Crippen molar-refractivity contribution >= 4 is 17.2 Å². The monoisotopic (exact) mass is 301 g/mol. The average molecular weight is 301 g/mol. The van der Waals surface area contributed by atoms with Gasteiger partial charge < -0.3 is 14.4 Å². The predicted molar refractivity (Wildman–Crippen MR) is 79.8 cm³/mol. The molecule has 0 bridgehead atoms. The third-order valence-electron chi connectivity index (χ3n) is 3.77. The first-order chi connectivity index (χ1) is 10.3. The van der Waals surface area contributed by atoms with Crippen molar-refractivity contribution in [2.75, 3.05) is 6.79 Å². The van der Waals surface area contributed by atoms with Crippen LogP contribution in [-0.4, -0.2) is 23.6 Å². The maximum atomic E-state index is 12.8. The summed E-state index contributed by atoms with van der Waals surface area (Å²) >= 11 is 1.69. The fourth-order valence-electron chi connectivity index (χ4n) is 2.52. The molecule has 1 aliphatic heterocycles. The van der Waals surface area contributed by atoms with Crippen LogP contribution in [0, 0.1) is 0 Å². The van der Waals surface area contributed by atoms with Crippen molar-refractivity contribution in [2.45, 2.75) is 25.4 Å². The molecule has 1 aliphatic carbocycles. The number of carbonyl (C=O) groups is 1. The van der Waals surface area contributed by atoms with E-state index in [0.29, 0.717) is 29.6 Å². The minimum Gasteiger partial charge on any atom is -0.454 e. The molecule has 108 valence electrons. The molecule has 5 heteroatoms. The number of thiophene rings is 1. The van der Waals surface area contributed by atoms with Crippen molar-refractivity contribution in [1.29, 1.82) is 0 Å². The van der Waals surface area contributed by atoms with Crippen molar-refractivity contribution in [3.05, 3.63) is 46.2 Å². The van der Waals surface area contributed by atoms with Gasteiger partial charge in [-0.15, -0.1) is 11.3 Å². The highest BCUT2D eigenvalue weighted by Gasteiger charge is 2.33. The van der Waals surface area contributed by atoms with Gasteiger partial charge in [-0.2, -0.15) is 0 Å². The predicted octanol–water partition coefficient (Wildman–Crippen LogP) is 3.28. The molecular formula is C16H15NO3S. The van der Waals surface area contributed by atoms with Gasteiger partial charge in [0, 0.05) is 16.5 Å². The van der Waals surface area contributed by atoms with Gasteiger partial charge >= 0.3 is 0 Å². The Morgan fingerprint density at radius 3 is 2.86 bits per heavy atom. The van der Waals surface area contributed by atoms with E-state index in [9.17, 15) is 4.79 Å². The van der Waals surface area contributed by atoms with E-state index in [2.05, 4.69) is 6.07 Å². The molecule has 4 nitrogen and oxygen atoms in total. The Bertz CT molecular complexity index is 664. The normalized spacial score (nSPS) is 16.0. The molecule has 0 saturated heterocycles. The Labute approximate surface area is 126 Å². The zero-order valence-corrected chi connectivity index (χ0v) is 12.3. The molecule has 2 aliphatic rings. The molecule has 1 aromatic carbocycles. The highest BCUT2D eigenvalue weighted by molar-refractivity contribution is 7.09. The lowest BCUT2D eigenvalue weighted by Gasteiger charge is -2.22. The van der Waals surface area contributed by atoms with E-state index in [4.69, 9.17) is 9.47 Å². The van der Waals surface area contributed by atoms with Gasteiger partial charge in [0.05, 0.1) is 6.54 Å². The van der Waals surface area contributed by atoms with Gasteiger partial charge in [-0.3, -0.25) is 4.79 Å². The van der Waals surface area contributed by atoms with Crippen LogP contribution < -0.4 is 9.47 Å². The molecule has 1 amide bonds. The first-order valence-corrected chi connectivity index (χ1v) is 7.92. The summed E-state index contributed by atoms with van der Waals surface area (Å²) in [4.78, 5) is 16.0. The molecule has 0 spiro atoms. The molecular weight excluding hydrogens is 286 g/mol. The zero-order valence-electron chi connectivity index (χ0n) is 11.5. The van der Waals surface area contributed by atoms with Crippen LogP contribution in [0.5, 0.6) is 11.5 Å². The molecule has 2 heterocycles. The Balaban J connectivity index is 1.59. The van der Waals surface area contributed by atoms with Crippen molar-refractivity contribution in [3.8, 4) is 11.5 Å². The fraction of sp³-hybridized carbons (Fsp3) is 0.312. The second-order valence-corrected chi connectivity index (χ2v) is 6.34.